The normalized spacial score (nSPS) is 23.4. The highest BCUT2D eigenvalue weighted by atomic mass is 35.5. The van der Waals surface area contributed by atoms with Crippen LogP contribution in [0.1, 0.15) is 31.4 Å². The lowest BCUT2D eigenvalue weighted by molar-refractivity contribution is 0.469. The number of halogens is 1. The maximum Gasteiger partial charge on any atom is 0.247 e. The SMILES string of the molecule is C=CC[C@H]1C[C@H](NCC)c2cc(S(N)(=O)=O)sc2S1(=O)=O.Cl. The zero-order valence-electron chi connectivity index (χ0n) is 12.0. The second-order valence-corrected chi connectivity index (χ2v) is 10.2. The summed E-state index contributed by atoms with van der Waals surface area (Å²) in [5.74, 6) is 0. The van der Waals surface area contributed by atoms with E-state index in [1.165, 1.54) is 6.07 Å². The van der Waals surface area contributed by atoms with E-state index in [4.69, 9.17) is 5.14 Å². The lowest BCUT2D eigenvalue weighted by Gasteiger charge is -2.29. The molecule has 0 saturated carbocycles. The van der Waals surface area contributed by atoms with Gasteiger partial charge in [-0.3, -0.25) is 0 Å². The number of sulfone groups is 1. The molecule has 6 nitrogen and oxygen atoms in total. The van der Waals surface area contributed by atoms with E-state index in [0.717, 1.165) is 11.3 Å². The Balaban J connectivity index is 0.00000242. The molecule has 1 aromatic heterocycles. The van der Waals surface area contributed by atoms with E-state index in [1.54, 1.807) is 6.08 Å². The van der Waals surface area contributed by atoms with Crippen LogP contribution in [0.4, 0.5) is 0 Å². The summed E-state index contributed by atoms with van der Waals surface area (Å²) in [7, 11) is -7.46. The molecular formula is C12H19ClN2O4S3. The molecule has 1 aromatic rings. The minimum Gasteiger partial charge on any atom is -0.310 e. The lowest BCUT2D eigenvalue weighted by atomic mass is 10.0. The average molecular weight is 387 g/mol. The number of primary sulfonamides is 1. The van der Waals surface area contributed by atoms with Gasteiger partial charge in [0.1, 0.15) is 8.42 Å². The van der Waals surface area contributed by atoms with Gasteiger partial charge in [0.2, 0.25) is 10.0 Å². The van der Waals surface area contributed by atoms with Gasteiger partial charge in [-0.25, -0.2) is 22.0 Å². The highest BCUT2D eigenvalue weighted by Crippen LogP contribution is 2.43. The van der Waals surface area contributed by atoms with Crippen LogP contribution in [0, 0.1) is 0 Å². The zero-order valence-corrected chi connectivity index (χ0v) is 15.2. The molecule has 2 atom stereocenters. The number of nitrogens with one attached hydrogen (secondary N) is 1. The summed E-state index contributed by atoms with van der Waals surface area (Å²) in [5.41, 5.74) is 0.506. The van der Waals surface area contributed by atoms with Crippen molar-refractivity contribution in [3.8, 4) is 0 Å². The summed E-state index contributed by atoms with van der Waals surface area (Å²) in [4.78, 5) is 0. The van der Waals surface area contributed by atoms with Gasteiger partial charge in [-0.05, 0) is 25.5 Å². The molecule has 0 aromatic carbocycles. The molecule has 2 rings (SSSR count). The fraction of sp³-hybridized carbons (Fsp3) is 0.500. The third kappa shape index (κ3) is 3.55. The Labute approximate surface area is 141 Å². The van der Waals surface area contributed by atoms with Gasteiger partial charge in [-0.2, -0.15) is 0 Å². The number of nitrogens with two attached hydrogens (primary N) is 1. The molecule has 0 saturated heterocycles. The van der Waals surface area contributed by atoms with Crippen LogP contribution in [0.25, 0.3) is 0 Å². The fourth-order valence-corrected chi connectivity index (χ4v) is 7.15. The Hall–Kier alpha value is -0.450. The fourth-order valence-electron chi connectivity index (χ4n) is 2.49. The van der Waals surface area contributed by atoms with Crippen molar-refractivity contribution in [2.75, 3.05) is 6.54 Å². The molecule has 0 fully saturated rings. The largest absolute Gasteiger partial charge is 0.310 e. The van der Waals surface area contributed by atoms with Gasteiger partial charge in [-0.15, -0.1) is 30.3 Å². The molecule has 2 heterocycles. The van der Waals surface area contributed by atoms with E-state index < -0.39 is 25.1 Å². The molecular weight excluding hydrogens is 368 g/mol. The summed E-state index contributed by atoms with van der Waals surface area (Å²) < 4.78 is 48.1. The van der Waals surface area contributed by atoms with Crippen LogP contribution in [-0.2, 0) is 19.9 Å². The first kappa shape index (κ1) is 19.6. The molecule has 0 amide bonds. The topological polar surface area (TPSA) is 106 Å². The predicted octanol–water partition coefficient (Wildman–Crippen LogP) is 1.59. The summed E-state index contributed by atoms with van der Waals surface area (Å²) in [6.07, 6.45) is 2.31. The van der Waals surface area contributed by atoms with Crippen molar-refractivity contribution < 1.29 is 16.8 Å². The first-order chi connectivity index (χ1) is 9.71. The van der Waals surface area contributed by atoms with E-state index >= 15 is 0 Å². The number of fused-ring (bicyclic) bond motifs is 1. The van der Waals surface area contributed by atoms with E-state index in [1.807, 2.05) is 6.92 Å². The van der Waals surface area contributed by atoms with Gasteiger partial charge in [0, 0.05) is 11.6 Å². The van der Waals surface area contributed by atoms with Crippen molar-refractivity contribution in [2.45, 2.75) is 39.5 Å². The van der Waals surface area contributed by atoms with E-state index in [0.29, 0.717) is 24.9 Å². The molecule has 0 spiro atoms. The Morgan fingerprint density at radius 2 is 2.18 bits per heavy atom. The van der Waals surface area contributed by atoms with Crippen LogP contribution in [0.5, 0.6) is 0 Å². The summed E-state index contributed by atoms with van der Waals surface area (Å²) in [6, 6.07) is 1.19. The molecule has 1 aliphatic heterocycles. The number of hydrogen-bond acceptors (Lipinski definition) is 6. The smallest absolute Gasteiger partial charge is 0.247 e. The Kier molecular flexibility index (Phi) is 6.22. The van der Waals surface area contributed by atoms with Gasteiger partial charge in [0.25, 0.3) is 0 Å². The van der Waals surface area contributed by atoms with Crippen molar-refractivity contribution in [1.29, 1.82) is 0 Å². The Bertz CT molecular complexity index is 755. The maximum absolute atomic E-state index is 12.6. The summed E-state index contributed by atoms with van der Waals surface area (Å²) >= 11 is 0.733. The highest BCUT2D eigenvalue weighted by molar-refractivity contribution is 7.95. The lowest BCUT2D eigenvalue weighted by Crippen LogP contribution is -2.34. The number of thiophene rings is 1. The average Bonchev–Trinajstić information content (AvgIpc) is 2.82. The van der Waals surface area contributed by atoms with Gasteiger partial charge >= 0.3 is 0 Å². The second-order valence-electron chi connectivity index (χ2n) is 4.89. The second kappa shape index (κ2) is 6.98. The quantitative estimate of drug-likeness (QED) is 0.747. The van der Waals surface area contributed by atoms with Crippen molar-refractivity contribution in [1.82, 2.24) is 5.32 Å². The molecule has 0 radical (unpaired) electrons. The molecule has 22 heavy (non-hydrogen) atoms. The molecule has 126 valence electrons. The third-order valence-corrected chi connectivity index (χ3v) is 8.76. The first-order valence-electron chi connectivity index (χ1n) is 6.46. The van der Waals surface area contributed by atoms with E-state index in [9.17, 15) is 16.8 Å². The molecule has 0 unspecified atom stereocenters. The van der Waals surface area contributed by atoms with Crippen LogP contribution in [-0.4, -0.2) is 28.6 Å². The van der Waals surface area contributed by atoms with Gasteiger partial charge in [0.15, 0.2) is 9.84 Å². The maximum atomic E-state index is 12.6. The monoisotopic (exact) mass is 386 g/mol. The standard InChI is InChI=1S/C12H18N2O4S3.ClH/c1-3-5-8-6-10(14-4-2)9-7-11(21(13,17)18)19-12(9)20(8,15)16;/h3,7-8,10,14H,1,4-6H2,2H3,(H2,13,17,18);1H/t8-,10-;/m0./s1. The Morgan fingerprint density at radius 3 is 2.68 bits per heavy atom. The molecule has 1 aliphatic rings. The molecule has 3 N–H and O–H groups in total. The van der Waals surface area contributed by atoms with Crippen molar-refractivity contribution in [3.63, 3.8) is 0 Å². The number of allylic oxidation sites excluding steroid dienone is 1. The summed E-state index contributed by atoms with van der Waals surface area (Å²) in [6.45, 7) is 6.17. The first-order valence-corrected chi connectivity index (χ1v) is 10.4. The molecule has 0 aliphatic carbocycles. The minimum absolute atomic E-state index is 0. The van der Waals surface area contributed by atoms with Crippen LogP contribution in [0.2, 0.25) is 0 Å². The number of sulfonamides is 1. The van der Waals surface area contributed by atoms with Crippen molar-refractivity contribution in [2.24, 2.45) is 5.14 Å². The third-order valence-electron chi connectivity index (χ3n) is 3.43. The molecule has 10 heteroatoms. The van der Waals surface area contributed by atoms with E-state index in [-0.39, 0.29) is 26.9 Å². The van der Waals surface area contributed by atoms with Gasteiger partial charge < -0.3 is 5.32 Å². The van der Waals surface area contributed by atoms with Crippen LogP contribution < -0.4 is 10.5 Å². The minimum atomic E-state index is -3.91. The van der Waals surface area contributed by atoms with Gasteiger partial charge in [0.05, 0.1) is 5.25 Å². The van der Waals surface area contributed by atoms with Crippen LogP contribution in [0.15, 0.2) is 27.1 Å². The number of rotatable bonds is 5. The van der Waals surface area contributed by atoms with Crippen molar-refractivity contribution >= 4 is 43.6 Å². The van der Waals surface area contributed by atoms with Gasteiger partial charge in [-0.1, -0.05) is 13.0 Å². The van der Waals surface area contributed by atoms with Crippen LogP contribution in [0.3, 0.4) is 0 Å². The zero-order chi connectivity index (χ0) is 15.8. The highest BCUT2D eigenvalue weighted by Gasteiger charge is 2.40. The van der Waals surface area contributed by atoms with E-state index in [2.05, 4.69) is 11.9 Å². The van der Waals surface area contributed by atoms with Crippen molar-refractivity contribution in [3.05, 3.63) is 24.3 Å². The number of hydrogen-bond donors (Lipinski definition) is 2. The summed E-state index contributed by atoms with van der Waals surface area (Å²) in [5, 5.41) is 7.74. The van der Waals surface area contributed by atoms with Crippen LogP contribution >= 0.6 is 23.7 Å². The predicted molar refractivity (Wildman–Crippen MR) is 89.8 cm³/mol. The molecule has 0 bridgehead atoms. The Morgan fingerprint density at radius 1 is 1.55 bits per heavy atom.